The van der Waals surface area contributed by atoms with Crippen LogP contribution in [0.5, 0.6) is 0 Å². The molecule has 0 amide bonds. The third-order valence-electron chi connectivity index (χ3n) is 4.51. The van der Waals surface area contributed by atoms with Crippen LogP contribution in [0.25, 0.3) is 0 Å². The molecule has 6 heteroatoms. The van der Waals surface area contributed by atoms with E-state index in [4.69, 9.17) is 4.43 Å². The maximum absolute atomic E-state index is 11.2. The lowest BCUT2D eigenvalue weighted by molar-refractivity contribution is -0.537. The van der Waals surface area contributed by atoms with Crippen LogP contribution in [-0.2, 0) is 4.43 Å². The maximum Gasteiger partial charge on any atom is 0.260 e. The molecule has 0 aromatic rings. The van der Waals surface area contributed by atoms with Gasteiger partial charge in [0.1, 0.15) is 12.7 Å². The first-order valence-corrected chi connectivity index (χ1v) is 10.2. The van der Waals surface area contributed by atoms with Crippen molar-refractivity contribution in [3.8, 4) is 0 Å². The Morgan fingerprint density at radius 3 is 1.81 bits per heavy atom. The second-order valence-corrected chi connectivity index (χ2v) is 12.3. The molecule has 0 aliphatic rings. The Morgan fingerprint density at radius 1 is 1.10 bits per heavy atom. The Bertz CT molecular complexity index is 299. The maximum atomic E-state index is 11.2. The zero-order valence-corrected chi connectivity index (χ0v) is 15.6. The number of hydrogen-bond acceptors (Lipinski definition) is 4. The smallest absolute Gasteiger partial charge is 0.260 e. The molecule has 0 fully saturated rings. The van der Waals surface area contributed by atoms with Crippen LogP contribution in [0.2, 0.25) is 16.6 Å². The monoisotopic (exact) mass is 319 g/mol. The minimum absolute atomic E-state index is 0.0227. The van der Waals surface area contributed by atoms with Gasteiger partial charge in [0.05, 0.1) is 0 Å². The molecule has 0 aromatic heterocycles. The van der Waals surface area contributed by atoms with Crippen molar-refractivity contribution in [1.29, 1.82) is 0 Å². The fourth-order valence-corrected chi connectivity index (χ4v) is 8.99. The van der Waals surface area contributed by atoms with E-state index >= 15 is 0 Å². The Balaban J connectivity index is 5.13. The Labute approximate surface area is 130 Å². The molecule has 0 saturated heterocycles. The Hall–Kier alpha value is -0.463. The minimum Gasteiger partial charge on any atom is -0.409 e. The average Bonchev–Trinajstić information content (AvgIpc) is 2.32. The van der Waals surface area contributed by atoms with E-state index in [1.54, 1.807) is 0 Å². The normalized spacial score (nSPS) is 15.8. The van der Waals surface area contributed by atoms with Gasteiger partial charge in [-0.05, 0) is 23.0 Å². The van der Waals surface area contributed by atoms with E-state index in [2.05, 4.69) is 41.5 Å². The average molecular weight is 320 g/mol. The summed E-state index contributed by atoms with van der Waals surface area (Å²) in [5.74, 6) is 0. The number of aliphatic hydroxyl groups is 1. The zero-order valence-electron chi connectivity index (χ0n) is 14.6. The summed E-state index contributed by atoms with van der Waals surface area (Å²) in [6, 6.07) is -1.02. The molecule has 0 radical (unpaired) electrons. The van der Waals surface area contributed by atoms with Crippen LogP contribution in [0, 0.1) is 10.1 Å². The highest BCUT2D eigenvalue weighted by Crippen LogP contribution is 2.42. The number of nitro groups is 1. The van der Waals surface area contributed by atoms with Crippen molar-refractivity contribution in [3.63, 3.8) is 0 Å². The van der Waals surface area contributed by atoms with Crippen molar-refractivity contribution in [2.45, 2.75) is 90.1 Å². The van der Waals surface area contributed by atoms with Gasteiger partial charge < -0.3 is 9.53 Å². The van der Waals surface area contributed by atoms with Gasteiger partial charge in [0, 0.05) is 4.92 Å². The van der Waals surface area contributed by atoms with Crippen molar-refractivity contribution in [2.24, 2.45) is 0 Å². The first-order valence-electron chi connectivity index (χ1n) is 8.06. The van der Waals surface area contributed by atoms with E-state index in [-0.39, 0.29) is 11.5 Å². The molecule has 0 spiro atoms. The summed E-state index contributed by atoms with van der Waals surface area (Å²) in [4.78, 5) is 10.8. The van der Waals surface area contributed by atoms with Crippen LogP contribution in [0.3, 0.4) is 0 Å². The quantitative estimate of drug-likeness (QED) is 0.375. The van der Waals surface area contributed by atoms with Crippen LogP contribution in [0.4, 0.5) is 0 Å². The highest BCUT2D eigenvalue weighted by atomic mass is 28.4. The SMILES string of the molecule is CCC[C@@H](O)[C@@H](CO[Si](C(C)C)(C(C)C)C(C)C)[N+](=O)[O-]. The molecular formula is C15H33NO4Si. The summed E-state index contributed by atoms with van der Waals surface area (Å²) in [5.41, 5.74) is 1.15. The predicted octanol–water partition coefficient (Wildman–Crippen LogP) is 3.98. The predicted molar refractivity (Wildman–Crippen MR) is 88.7 cm³/mol. The van der Waals surface area contributed by atoms with Gasteiger partial charge in [-0.2, -0.15) is 0 Å². The summed E-state index contributed by atoms with van der Waals surface area (Å²) in [7, 11) is -2.12. The highest BCUT2D eigenvalue weighted by Gasteiger charge is 2.46. The molecule has 0 aromatic carbocycles. The van der Waals surface area contributed by atoms with Crippen molar-refractivity contribution in [3.05, 3.63) is 10.1 Å². The molecule has 2 atom stereocenters. The molecule has 0 bridgehead atoms. The van der Waals surface area contributed by atoms with Gasteiger partial charge in [-0.1, -0.05) is 54.9 Å². The van der Waals surface area contributed by atoms with Crippen LogP contribution in [0.15, 0.2) is 0 Å². The topological polar surface area (TPSA) is 72.6 Å². The number of hydrogen-bond donors (Lipinski definition) is 1. The first-order chi connectivity index (χ1) is 9.61. The van der Waals surface area contributed by atoms with Crippen LogP contribution >= 0.6 is 0 Å². The lowest BCUT2D eigenvalue weighted by atomic mass is 10.1. The third kappa shape index (κ3) is 5.04. The van der Waals surface area contributed by atoms with E-state index in [0.29, 0.717) is 23.0 Å². The van der Waals surface area contributed by atoms with Gasteiger partial charge in [0.15, 0.2) is 0 Å². The molecule has 5 nitrogen and oxygen atoms in total. The fraction of sp³-hybridized carbons (Fsp3) is 1.00. The molecule has 0 aliphatic carbocycles. The number of nitrogens with zero attached hydrogens (tertiary/aromatic N) is 1. The molecule has 0 heterocycles. The molecule has 0 saturated carbocycles. The van der Waals surface area contributed by atoms with Gasteiger partial charge >= 0.3 is 0 Å². The Morgan fingerprint density at radius 2 is 1.52 bits per heavy atom. The van der Waals surface area contributed by atoms with Gasteiger partial charge in [-0.15, -0.1) is 0 Å². The van der Waals surface area contributed by atoms with Crippen molar-refractivity contribution in [1.82, 2.24) is 0 Å². The largest absolute Gasteiger partial charge is 0.409 e. The number of aliphatic hydroxyl groups excluding tert-OH is 1. The standard InChI is InChI=1S/C15H33NO4Si/c1-8-9-15(17)14(16(18)19)10-20-21(11(2)3,12(4)5)13(6)7/h11-15,17H,8-10H2,1-7H3/t14-,15-/m1/s1. The summed E-state index contributed by atoms with van der Waals surface area (Å²) in [5, 5.41) is 21.2. The molecule has 0 unspecified atom stereocenters. The summed E-state index contributed by atoms with van der Waals surface area (Å²) in [6.07, 6.45) is 0.240. The van der Waals surface area contributed by atoms with Gasteiger partial charge in [0.25, 0.3) is 6.04 Å². The highest BCUT2D eigenvalue weighted by molar-refractivity contribution is 6.77. The fourth-order valence-electron chi connectivity index (χ4n) is 3.53. The minimum atomic E-state index is -2.12. The van der Waals surface area contributed by atoms with Crippen LogP contribution in [0.1, 0.15) is 61.3 Å². The summed E-state index contributed by atoms with van der Waals surface area (Å²) < 4.78 is 6.24. The van der Waals surface area contributed by atoms with Crippen LogP contribution < -0.4 is 0 Å². The molecular weight excluding hydrogens is 286 g/mol. The van der Waals surface area contributed by atoms with Crippen molar-refractivity contribution >= 4 is 8.32 Å². The van der Waals surface area contributed by atoms with Gasteiger partial charge in [-0.25, -0.2) is 0 Å². The van der Waals surface area contributed by atoms with E-state index < -0.39 is 20.5 Å². The lowest BCUT2D eigenvalue weighted by Gasteiger charge is -2.42. The molecule has 21 heavy (non-hydrogen) atoms. The summed E-state index contributed by atoms with van der Waals surface area (Å²) >= 11 is 0. The Kier molecular flexibility index (Phi) is 8.66. The van der Waals surface area contributed by atoms with Crippen LogP contribution in [-0.4, -0.2) is 37.1 Å². The van der Waals surface area contributed by atoms with Crippen molar-refractivity contribution in [2.75, 3.05) is 6.61 Å². The lowest BCUT2D eigenvalue weighted by Crippen LogP contribution is -2.51. The molecule has 0 aliphatic heterocycles. The zero-order chi connectivity index (χ0) is 16.8. The second kappa shape index (κ2) is 8.85. The van der Waals surface area contributed by atoms with Gasteiger partial charge in [0.2, 0.25) is 8.32 Å². The molecule has 126 valence electrons. The number of rotatable bonds is 10. The van der Waals surface area contributed by atoms with Gasteiger partial charge in [-0.3, -0.25) is 10.1 Å². The molecule has 1 N–H and O–H groups in total. The molecule has 0 rings (SSSR count). The third-order valence-corrected chi connectivity index (χ3v) is 10.6. The van der Waals surface area contributed by atoms with E-state index in [1.165, 1.54) is 0 Å². The van der Waals surface area contributed by atoms with E-state index in [9.17, 15) is 15.2 Å². The first kappa shape index (κ1) is 20.5. The summed E-state index contributed by atoms with van der Waals surface area (Å²) in [6.45, 7) is 14.8. The van der Waals surface area contributed by atoms with Crippen molar-refractivity contribution < 1.29 is 14.5 Å². The second-order valence-electron chi connectivity index (χ2n) is 6.84. The van der Waals surface area contributed by atoms with E-state index in [1.807, 2.05) is 6.92 Å². The van der Waals surface area contributed by atoms with E-state index in [0.717, 1.165) is 6.42 Å².